The number of hydrogen-bond acceptors (Lipinski definition) is 21. The molecule has 0 bridgehead atoms. The zero-order chi connectivity index (χ0) is 77.6. The largest absolute Gasteiger partial charge is 0.497 e. The zero-order valence-electron chi connectivity index (χ0n) is 61.3. The Labute approximate surface area is 661 Å². The van der Waals surface area contributed by atoms with Crippen molar-refractivity contribution in [3.05, 3.63) is 232 Å². The molecule has 0 saturated carbocycles. The van der Waals surface area contributed by atoms with Gasteiger partial charge in [-0.05, 0) is 175 Å². The highest BCUT2D eigenvalue weighted by Gasteiger charge is 2.25. The second kappa shape index (κ2) is 45.0. The molecule has 0 aliphatic heterocycles. The van der Waals surface area contributed by atoms with Gasteiger partial charge in [0, 0.05) is 74.4 Å². The molecular formula is C80H98Cl3F3IN13O8. The molecule has 0 saturated heterocycles. The molecule has 3 heterocycles. The Bertz CT molecular complexity index is 4420. The Balaban J connectivity index is 0.000000312. The first-order chi connectivity index (χ1) is 50.6. The fourth-order valence-corrected chi connectivity index (χ4v) is 11.4. The van der Waals surface area contributed by atoms with E-state index in [-0.39, 0.29) is 20.8 Å². The summed E-state index contributed by atoms with van der Waals surface area (Å²) in [6.07, 6.45) is 0.861. The van der Waals surface area contributed by atoms with Crippen LogP contribution in [0.2, 0.25) is 15.1 Å². The fourth-order valence-electron chi connectivity index (χ4n) is 10.2. The second-order valence-electron chi connectivity index (χ2n) is 24.4. The fraction of sp³-hybridized carbons (Fsp3) is 0.312. The van der Waals surface area contributed by atoms with Crippen molar-refractivity contribution in [3.8, 4) is 40.2 Å². The topological polar surface area (TPSA) is 285 Å². The SMILES string of the molecule is C.C.COc1cc(C(C)C)c(Cc2cnc(N)nc2N)cc1Cl.COc1cc(C(C)C)c(N)cc1Cl.COc1ccc(CNc2ncc(Cc3cc(Cl)c(OC)cc3C(C)C)c(NCc3ccc(OC)cc3)n2)cc1.COc1ccc(CNc2ncc(I)c(NCc3ccc(OC)cc3)n2)cc1.O=CC(F)(F)F. The Morgan fingerprint density at radius 1 is 0.435 bits per heavy atom. The number of carbonyl (C=O) groups is 1. The minimum atomic E-state index is -4.64. The van der Waals surface area contributed by atoms with Crippen LogP contribution >= 0.6 is 57.4 Å². The van der Waals surface area contributed by atoms with Gasteiger partial charge in [0.05, 0.1) is 68.4 Å². The van der Waals surface area contributed by atoms with Crippen LogP contribution < -0.4 is 71.6 Å². The number of alkyl halides is 3. The highest BCUT2D eigenvalue weighted by Crippen LogP contribution is 2.37. The normalized spacial score (nSPS) is 10.5. The predicted octanol–water partition coefficient (Wildman–Crippen LogP) is 19.5. The first-order valence-corrected chi connectivity index (χ1v) is 35.4. The van der Waals surface area contributed by atoms with Crippen LogP contribution in [0.4, 0.5) is 54.2 Å². The van der Waals surface area contributed by atoms with E-state index >= 15 is 0 Å². The minimum absolute atomic E-state index is 0. The predicted molar refractivity (Wildman–Crippen MR) is 441 cm³/mol. The quantitative estimate of drug-likeness (QED) is 0.0151. The van der Waals surface area contributed by atoms with Crippen LogP contribution in [-0.4, -0.2) is 92.1 Å². The van der Waals surface area contributed by atoms with E-state index in [4.69, 9.17) is 94.9 Å². The Morgan fingerprint density at radius 2 is 0.759 bits per heavy atom. The standard InChI is InChI=1S/C31H35ClN4O3.C20H21IN4O2.C15H19ClN4O.C10H14ClNO.C2HF3O.2CH4/c1-20(2)27-16-29(39-5)28(32)15-23(27)14-24-19-35-31(34-18-22-8-12-26(38-4)13-9-22)36-30(24)33-17-21-6-10-25(37-3)11-7-21;1-26-16-7-3-14(4-8-16)11-22-19-18(21)13-24-20(25-19)23-12-15-5-9-17(27-2)10-6-15;1-8(2)11-6-13(21-3)12(16)5-9(11)4-10-7-19-15(18)20-14(10)17;1-6(2)7-4-10(13-3)8(11)5-9(7)12;3-2(4,5)1-6;;/h6-13,15-16,19-20H,14,17-18H2,1-5H3,(H2,33,34,35,36);3-10,13H,11-12H2,1-2H3,(H2,22,23,24,25);5-8H,4H2,1-3H3,(H4,17,18,19,20);4-6H,12H2,1-3H3;1H;2*1H4. The molecule has 0 unspecified atom stereocenters. The number of aldehydes is 1. The van der Waals surface area contributed by atoms with Gasteiger partial charge >= 0.3 is 6.18 Å². The highest BCUT2D eigenvalue weighted by atomic mass is 127. The molecule has 28 heteroatoms. The maximum absolute atomic E-state index is 10.4. The first kappa shape index (κ1) is 90.4. The number of ether oxygens (including phenoxy) is 7. The monoisotopic (exact) mass is 1660 g/mol. The third-order valence-corrected chi connectivity index (χ3v) is 17.6. The smallest absolute Gasteiger partial charge is 0.446 e. The third-order valence-electron chi connectivity index (χ3n) is 15.9. The van der Waals surface area contributed by atoms with Crippen molar-refractivity contribution in [1.82, 2.24) is 29.9 Å². The maximum atomic E-state index is 10.4. The van der Waals surface area contributed by atoms with Gasteiger partial charge in [0.1, 0.15) is 57.7 Å². The average Bonchev–Trinajstić information content (AvgIpc) is 0.817. The zero-order valence-corrected chi connectivity index (χ0v) is 65.7. The van der Waals surface area contributed by atoms with E-state index in [2.05, 4.69) is 110 Å². The van der Waals surface area contributed by atoms with Gasteiger partial charge < -0.3 is 71.6 Å². The minimum Gasteiger partial charge on any atom is -0.497 e. The molecule has 7 aromatic carbocycles. The summed E-state index contributed by atoms with van der Waals surface area (Å²) >= 11 is 20.9. The van der Waals surface area contributed by atoms with E-state index in [1.807, 2.05) is 134 Å². The summed E-state index contributed by atoms with van der Waals surface area (Å²) in [6.45, 7) is 15.2. The number of nitrogens with two attached hydrogens (primary N) is 3. The number of aromatic nitrogens is 6. The number of hydrogen-bond donors (Lipinski definition) is 7. The van der Waals surface area contributed by atoms with Gasteiger partial charge in [-0.3, -0.25) is 4.79 Å². The number of nitrogen functional groups attached to an aromatic ring is 3. The van der Waals surface area contributed by atoms with Crippen molar-refractivity contribution in [1.29, 1.82) is 0 Å². The molecule has 0 spiro atoms. The Hall–Kier alpha value is -9.96. The summed E-state index contributed by atoms with van der Waals surface area (Å²) in [7, 11) is 11.5. The summed E-state index contributed by atoms with van der Waals surface area (Å²) in [4.78, 5) is 35.1. The number of anilines is 7. The van der Waals surface area contributed by atoms with Crippen LogP contribution in [0, 0.1) is 3.57 Å². The maximum Gasteiger partial charge on any atom is 0.446 e. The molecule has 580 valence electrons. The molecule has 10 aromatic rings. The molecule has 10 N–H and O–H groups in total. The van der Waals surface area contributed by atoms with E-state index in [0.717, 1.165) is 99.5 Å². The van der Waals surface area contributed by atoms with Crippen LogP contribution in [0.3, 0.4) is 0 Å². The number of carbonyl (C=O) groups excluding carboxylic acids is 1. The molecular weight excluding hydrogens is 1560 g/mol. The van der Waals surface area contributed by atoms with Crippen molar-refractivity contribution in [3.63, 3.8) is 0 Å². The van der Waals surface area contributed by atoms with E-state index in [1.54, 1.807) is 68.2 Å². The molecule has 0 radical (unpaired) electrons. The molecule has 108 heavy (non-hydrogen) atoms. The van der Waals surface area contributed by atoms with Crippen molar-refractivity contribution in [2.24, 2.45) is 0 Å². The number of halogens is 7. The van der Waals surface area contributed by atoms with Gasteiger partial charge in [0.25, 0.3) is 0 Å². The lowest BCUT2D eigenvalue weighted by atomic mass is 9.93. The average molecular weight is 1660 g/mol. The number of rotatable bonds is 26. The van der Waals surface area contributed by atoms with Crippen LogP contribution in [0.1, 0.15) is 135 Å². The number of nitrogens with one attached hydrogen (secondary N) is 4. The number of benzene rings is 7. The van der Waals surface area contributed by atoms with Crippen molar-refractivity contribution >= 4 is 105 Å². The summed E-state index contributed by atoms with van der Waals surface area (Å²) in [5, 5.41) is 15.2. The lowest BCUT2D eigenvalue weighted by molar-refractivity contribution is -0.156. The molecule has 0 atom stereocenters. The van der Waals surface area contributed by atoms with Gasteiger partial charge in [-0.25, -0.2) is 15.0 Å². The summed E-state index contributed by atoms with van der Waals surface area (Å²) in [5.41, 5.74) is 29.9. The summed E-state index contributed by atoms with van der Waals surface area (Å²) in [6, 6.07) is 43.3. The van der Waals surface area contributed by atoms with Gasteiger partial charge in [-0.2, -0.15) is 28.1 Å². The molecule has 0 aliphatic rings. The number of nitrogens with zero attached hydrogens (tertiary/aromatic N) is 6. The summed E-state index contributed by atoms with van der Waals surface area (Å²) < 4.78 is 69.0. The number of methoxy groups -OCH3 is 7. The van der Waals surface area contributed by atoms with Gasteiger partial charge in [-0.1, -0.05) is 140 Å². The van der Waals surface area contributed by atoms with E-state index in [9.17, 15) is 13.2 Å². The molecule has 21 nitrogen and oxygen atoms in total. The summed E-state index contributed by atoms with van der Waals surface area (Å²) in [5.74, 6) is 9.65. The van der Waals surface area contributed by atoms with E-state index < -0.39 is 12.5 Å². The van der Waals surface area contributed by atoms with Crippen molar-refractivity contribution < 1.29 is 51.1 Å². The van der Waals surface area contributed by atoms with Crippen molar-refractivity contribution in [2.75, 3.05) is 88.2 Å². The van der Waals surface area contributed by atoms with E-state index in [0.29, 0.717) is 107 Å². The molecule has 3 aromatic heterocycles. The van der Waals surface area contributed by atoms with E-state index in [1.165, 1.54) is 5.56 Å². The van der Waals surface area contributed by atoms with Gasteiger partial charge in [0.2, 0.25) is 24.1 Å². The van der Waals surface area contributed by atoms with Crippen LogP contribution in [0.25, 0.3) is 0 Å². The molecule has 0 amide bonds. The second-order valence-corrected chi connectivity index (χ2v) is 26.8. The highest BCUT2D eigenvalue weighted by molar-refractivity contribution is 14.1. The van der Waals surface area contributed by atoms with Crippen molar-refractivity contribution in [2.45, 2.75) is 119 Å². The van der Waals surface area contributed by atoms with Crippen LogP contribution in [-0.2, 0) is 43.8 Å². The third kappa shape index (κ3) is 28.6. The van der Waals surface area contributed by atoms with Crippen LogP contribution in [0.5, 0.6) is 40.2 Å². The first-order valence-electron chi connectivity index (χ1n) is 33.2. The molecule has 0 fully saturated rings. The molecule has 10 rings (SSSR count). The Morgan fingerprint density at radius 3 is 1.11 bits per heavy atom. The Kier molecular flexibility index (Phi) is 37.7. The van der Waals surface area contributed by atoms with Crippen LogP contribution in [0.15, 0.2) is 152 Å². The lowest BCUT2D eigenvalue weighted by Gasteiger charge is -2.18. The van der Waals surface area contributed by atoms with Gasteiger partial charge in [0.15, 0.2) is 0 Å². The lowest BCUT2D eigenvalue weighted by Crippen LogP contribution is -2.11. The molecule has 0 aliphatic carbocycles. The van der Waals surface area contributed by atoms with Gasteiger partial charge in [-0.15, -0.1) is 0 Å².